The van der Waals surface area contributed by atoms with E-state index < -0.39 is 35.7 Å². The minimum Gasteiger partial charge on any atom is -0.478 e. The van der Waals surface area contributed by atoms with Crippen molar-refractivity contribution in [2.75, 3.05) is 0 Å². The predicted molar refractivity (Wildman–Crippen MR) is 110 cm³/mol. The Labute approximate surface area is 186 Å². The van der Waals surface area contributed by atoms with Crippen LogP contribution < -0.4 is 10.1 Å². The molecule has 1 aliphatic rings. The fourth-order valence-electron chi connectivity index (χ4n) is 3.37. The Balaban J connectivity index is 1.88. The van der Waals surface area contributed by atoms with Crippen molar-refractivity contribution in [1.82, 2.24) is 15.1 Å². The lowest BCUT2D eigenvalue weighted by Gasteiger charge is -2.26. The van der Waals surface area contributed by atoms with Crippen molar-refractivity contribution in [3.05, 3.63) is 64.3 Å². The van der Waals surface area contributed by atoms with E-state index >= 15 is 0 Å². The maximum atomic E-state index is 13.6. The Kier molecular flexibility index (Phi) is 6.97. The first-order valence-corrected chi connectivity index (χ1v) is 9.98. The first kappa shape index (κ1) is 23.8. The van der Waals surface area contributed by atoms with Gasteiger partial charge >= 0.3 is 12.1 Å². The number of carboxylic acids is 1. The van der Waals surface area contributed by atoms with Crippen LogP contribution in [-0.4, -0.2) is 32.0 Å². The highest BCUT2D eigenvalue weighted by Crippen LogP contribution is 2.40. The van der Waals surface area contributed by atoms with E-state index in [0.717, 1.165) is 4.68 Å². The molecule has 0 aliphatic heterocycles. The second-order valence-corrected chi connectivity index (χ2v) is 7.77. The van der Waals surface area contributed by atoms with E-state index in [1.807, 2.05) is 0 Å². The van der Waals surface area contributed by atoms with E-state index in [1.54, 1.807) is 25.1 Å². The van der Waals surface area contributed by atoms with Crippen LogP contribution in [0.5, 0.6) is 11.6 Å². The maximum Gasteiger partial charge on any atom is 0.435 e. The van der Waals surface area contributed by atoms with Gasteiger partial charge in [0.25, 0.3) is 0 Å². The van der Waals surface area contributed by atoms with Gasteiger partial charge in [-0.15, -0.1) is 0 Å². The third-order valence-corrected chi connectivity index (χ3v) is 5.26. The van der Waals surface area contributed by atoms with Gasteiger partial charge in [-0.05, 0) is 37.5 Å². The molecule has 1 heterocycles. The number of hydrogen-bond acceptors (Lipinski definition) is 5. The zero-order valence-corrected chi connectivity index (χ0v) is 17.9. The second kappa shape index (κ2) is 9.35. The van der Waals surface area contributed by atoms with Crippen LogP contribution in [0.4, 0.5) is 13.2 Å². The minimum absolute atomic E-state index is 0.137. The fourth-order valence-corrected chi connectivity index (χ4v) is 3.55. The summed E-state index contributed by atoms with van der Waals surface area (Å²) >= 11 is 5.92. The zero-order chi connectivity index (χ0) is 23.6. The molecule has 3 rings (SSSR count). The lowest BCUT2D eigenvalue weighted by Crippen LogP contribution is -2.37. The number of aromatic nitrogens is 2. The topological polar surface area (TPSA) is 96.6 Å². The van der Waals surface area contributed by atoms with Crippen molar-refractivity contribution in [3.8, 4) is 11.6 Å². The number of benzene rings is 1. The average molecular weight is 472 g/mol. The van der Waals surface area contributed by atoms with Gasteiger partial charge < -0.3 is 14.9 Å². The molecule has 2 aromatic rings. The van der Waals surface area contributed by atoms with Gasteiger partial charge in [-0.1, -0.05) is 35.9 Å². The van der Waals surface area contributed by atoms with Gasteiger partial charge in [0.05, 0.1) is 11.1 Å². The number of aliphatic hydroxyl groups excluding tert-OH is 1. The van der Waals surface area contributed by atoms with Crippen molar-refractivity contribution >= 4 is 17.6 Å². The van der Waals surface area contributed by atoms with Gasteiger partial charge in [-0.2, -0.15) is 18.3 Å². The number of nitrogens with one attached hydrogen (secondary N) is 1. The molecule has 7 nitrogen and oxygen atoms in total. The van der Waals surface area contributed by atoms with Crippen LogP contribution in [0.15, 0.2) is 48.1 Å². The van der Waals surface area contributed by atoms with Crippen LogP contribution in [0.2, 0.25) is 5.02 Å². The second-order valence-electron chi connectivity index (χ2n) is 7.33. The third kappa shape index (κ3) is 5.32. The highest BCUT2D eigenvalue weighted by molar-refractivity contribution is 6.30. The fraction of sp³-hybridized carbons (Fsp3) is 0.333. The number of nitrogens with zero attached hydrogens (tertiary/aromatic N) is 2. The van der Waals surface area contributed by atoms with Crippen molar-refractivity contribution < 1.29 is 32.9 Å². The highest BCUT2D eigenvalue weighted by Gasteiger charge is 2.42. The minimum atomic E-state index is -4.83. The molecule has 0 radical (unpaired) electrons. The van der Waals surface area contributed by atoms with Crippen LogP contribution in [0.25, 0.3) is 0 Å². The number of allylic oxidation sites excluding steroid dienone is 1. The van der Waals surface area contributed by atoms with E-state index in [4.69, 9.17) is 21.4 Å². The molecule has 3 atom stereocenters. The average Bonchev–Trinajstić information content (AvgIpc) is 3.04. The van der Waals surface area contributed by atoms with Crippen LogP contribution >= 0.6 is 11.6 Å². The number of carbonyl (C=O) groups is 1. The summed E-state index contributed by atoms with van der Waals surface area (Å²) in [5.74, 6) is -1.42. The van der Waals surface area contributed by atoms with Crippen molar-refractivity contribution in [2.45, 2.75) is 31.8 Å². The molecule has 11 heteroatoms. The largest absolute Gasteiger partial charge is 0.478 e. The standard InChI is InChI=1S/C21H21ClF3N3O4/c1-11(12-6-8-13(9-7-12)20(30)31)26-18(29)16-17(21(23,24)25)27-28(2)19(16)32-15-5-3-4-14(22)10-15/h3-6,8-12,18,26,29H,7H2,1-2H3,(H,30,31)/t11-,12?,18?/m0/s1. The molecule has 0 amide bonds. The van der Waals surface area contributed by atoms with E-state index in [0.29, 0.717) is 11.4 Å². The lowest BCUT2D eigenvalue weighted by atomic mass is 9.91. The number of ether oxygens (including phenoxy) is 1. The van der Waals surface area contributed by atoms with Crippen LogP contribution in [0.3, 0.4) is 0 Å². The molecule has 0 saturated heterocycles. The summed E-state index contributed by atoms with van der Waals surface area (Å²) in [5.41, 5.74) is -1.71. The number of carboxylic acid groups (broad SMARTS) is 1. The number of aliphatic hydroxyl groups is 1. The summed E-state index contributed by atoms with van der Waals surface area (Å²) in [4.78, 5) is 11.0. The van der Waals surface area contributed by atoms with Gasteiger partial charge in [-0.25, -0.2) is 9.48 Å². The normalized spacial score (nSPS) is 18.2. The molecule has 3 N–H and O–H groups in total. The molecule has 2 unspecified atom stereocenters. The first-order valence-electron chi connectivity index (χ1n) is 9.60. The van der Waals surface area contributed by atoms with Crippen molar-refractivity contribution in [2.24, 2.45) is 13.0 Å². The smallest absolute Gasteiger partial charge is 0.435 e. The van der Waals surface area contributed by atoms with Gasteiger partial charge in [0.1, 0.15) is 12.0 Å². The Morgan fingerprint density at radius 1 is 1.41 bits per heavy atom. The Bertz CT molecular complexity index is 1070. The molecule has 0 fully saturated rings. The number of hydrogen-bond donors (Lipinski definition) is 3. The van der Waals surface area contributed by atoms with Crippen LogP contribution in [-0.2, 0) is 18.0 Å². The number of rotatable bonds is 7. The summed E-state index contributed by atoms with van der Waals surface area (Å²) in [7, 11) is 1.27. The molecular formula is C21H21ClF3N3O4. The van der Waals surface area contributed by atoms with Crippen LogP contribution in [0, 0.1) is 5.92 Å². The summed E-state index contributed by atoms with van der Waals surface area (Å²) in [6, 6.07) is 5.60. The summed E-state index contributed by atoms with van der Waals surface area (Å²) < 4.78 is 47.5. The Hall–Kier alpha value is -2.82. The number of aliphatic carboxylic acids is 1. The maximum absolute atomic E-state index is 13.6. The zero-order valence-electron chi connectivity index (χ0n) is 17.1. The predicted octanol–water partition coefficient (Wildman–Crippen LogP) is 4.44. The number of halogens is 4. The Morgan fingerprint density at radius 2 is 2.12 bits per heavy atom. The summed E-state index contributed by atoms with van der Waals surface area (Å²) in [5, 5.41) is 26.3. The molecule has 32 heavy (non-hydrogen) atoms. The Morgan fingerprint density at radius 3 is 2.69 bits per heavy atom. The van der Waals surface area contributed by atoms with Crippen molar-refractivity contribution in [3.63, 3.8) is 0 Å². The molecule has 0 spiro atoms. The van der Waals surface area contributed by atoms with Gasteiger partial charge in [0.2, 0.25) is 5.88 Å². The number of aryl methyl sites for hydroxylation is 1. The molecule has 0 bridgehead atoms. The molecule has 1 aromatic heterocycles. The third-order valence-electron chi connectivity index (χ3n) is 5.02. The van der Waals surface area contributed by atoms with Crippen molar-refractivity contribution in [1.29, 1.82) is 0 Å². The highest BCUT2D eigenvalue weighted by atomic mass is 35.5. The molecule has 0 saturated carbocycles. The summed E-state index contributed by atoms with van der Waals surface area (Å²) in [6.45, 7) is 1.68. The monoisotopic (exact) mass is 471 g/mol. The van der Waals surface area contributed by atoms with Gasteiger partial charge in [0, 0.05) is 18.1 Å². The van der Waals surface area contributed by atoms with E-state index in [1.165, 1.54) is 31.3 Å². The van der Waals surface area contributed by atoms with E-state index in [2.05, 4.69) is 10.4 Å². The molecular weight excluding hydrogens is 451 g/mol. The van der Waals surface area contributed by atoms with E-state index in [9.17, 15) is 23.1 Å². The molecule has 1 aromatic carbocycles. The van der Waals surface area contributed by atoms with Gasteiger partial charge in [0.15, 0.2) is 5.69 Å². The molecule has 1 aliphatic carbocycles. The van der Waals surface area contributed by atoms with Gasteiger partial charge in [-0.3, -0.25) is 5.32 Å². The number of alkyl halides is 3. The SMILES string of the molecule is C[C@H](NC(O)c1c(C(F)(F)F)nn(C)c1Oc1cccc(Cl)c1)C1C=CC(C(=O)O)=CC1. The summed E-state index contributed by atoms with van der Waals surface area (Å²) in [6.07, 6.45) is -1.65. The lowest BCUT2D eigenvalue weighted by molar-refractivity contribution is -0.143. The van der Waals surface area contributed by atoms with E-state index in [-0.39, 0.29) is 23.1 Å². The van der Waals surface area contributed by atoms with Crippen LogP contribution in [0.1, 0.15) is 30.8 Å². The quantitative estimate of drug-likeness (QED) is 0.517. The first-order chi connectivity index (χ1) is 15.0. The molecule has 172 valence electrons.